The van der Waals surface area contributed by atoms with Crippen LogP contribution in [-0.2, 0) is 0 Å². The molecule has 1 amide bonds. The lowest BCUT2D eigenvalue weighted by Crippen LogP contribution is -2.27. The molecule has 2 rings (SSSR count). The number of H-pyrrole nitrogens is 1. The van der Waals surface area contributed by atoms with Crippen LogP contribution in [0.3, 0.4) is 0 Å². The molecule has 0 aliphatic carbocycles. The summed E-state index contributed by atoms with van der Waals surface area (Å²) >= 11 is 3.37. The maximum absolute atomic E-state index is 11.9. The molecule has 0 unspecified atom stereocenters. The van der Waals surface area contributed by atoms with Crippen LogP contribution in [0.1, 0.15) is 29.0 Å². The summed E-state index contributed by atoms with van der Waals surface area (Å²) < 4.78 is 1.00. The van der Waals surface area contributed by atoms with E-state index in [0.29, 0.717) is 11.4 Å². The monoisotopic (exact) mass is 308 g/mol. The Hall–Kier alpha value is -1.82. The van der Waals surface area contributed by atoms with Crippen molar-refractivity contribution < 1.29 is 4.79 Å². The molecule has 0 aliphatic rings. The first-order valence-electron chi connectivity index (χ1n) is 5.43. The first kappa shape index (κ1) is 12.6. The number of hydrogen-bond acceptors (Lipinski definition) is 3. The van der Waals surface area contributed by atoms with E-state index in [1.54, 1.807) is 0 Å². The second-order valence-electron chi connectivity index (χ2n) is 3.95. The third-order valence-electron chi connectivity index (χ3n) is 2.61. The Bertz CT molecular complexity index is 549. The molecular formula is C12H13BrN4O. The summed E-state index contributed by atoms with van der Waals surface area (Å²) in [4.78, 5) is 11.9. The molecule has 94 valence electrons. The molecule has 18 heavy (non-hydrogen) atoms. The summed E-state index contributed by atoms with van der Waals surface area (Å²) in [6.45, 7) is 1.91. The Morgan fingerprint density at radius 3 is 2.67 bits per heavy atom. The maximum Gasteiger partial charge on any atom is 0.271 e. The minimum Gasteiger partial charge on any atom is -0.396 e. The van der Waals surface area contributed by atoms with Crippen molar-refractivity contribution in [3.8, 4) is 0 Å². The van der Waals surface area contributed by atoms with Crippen molar-refractivity contribution in [2.75, 3.05) is 5.73 Å². The van der Waals surface area contributed by atoms with Crippen molar-refractivity contribution in [2.45, 2.75) is 13.0 Å². The first-order chi connectivity index (χ1) is 8.58. The number of nitrogens with one attached hydrogen (secondary N) is 2. The van der Waals surface area contributed by atoms with Gasteiger partial charge in [-0.2, -0.15) is 5.10 Å². The van der Waals surface area contributed by atoms with Crippen LogP contribution in [0.25, 0.3) is 0 Å². The molecule has 0 aliphatic heterocycles. The molecule has 1 heterocycles. The number of aromatic amines is 1. The molecule has 1 aromatic carbocycles. The van der Waals surface area contributed by atoms with Crippen molar-refractivity contribution in [3.63, 3.8) is 0 Å². The number of carbonyl (C=O) groups excluding carboxylic acids is 1. The van der Waals surface area contributed by atoms with Crippen LogP contribution in [0.4, 0.5) is 5.69 Å². The predicted molar refractivity (Wildman–Crippen MR) is 73.0 cm³/mol. The average Bonchev–Trinajstić information content (AvgIpc) is 2.76. The van der Waals surface area contributed by atoms with Gasteiger partial charge in [-0.1, -0.05) is 28.1 Å². The highest BCUT2D eigenvalue weighted by molar-refractivity contribution is 9.10. The molecule has 1 atom stereocenters. The minimum absolute atomic E-state index is 0.103. The van der Waals surface area contributed by atoms with Crippen molar-refractivity contribution in [2.24, 2.45) is 0 Å². The van der Waals surface area contributed by atoms with E-state index in [1.165, 1.54) is 6.20 Å². The van der Waals surface area contributed by atoms with Crippen molar-refractivity contribution in [1.29, 1.82) is 0 Å². The highest BCUT2D eigenvalue weighted by Crippen LogP contribution is 2.17. The Kier molecular flexibility index (Phi) is 3.66. The largest absolute Gasteiger partial charge is 0.396 e. The van der Waals surface area contributed by atoms with Gasteiger partial charge in [-0.15, -0.1) is 0 Å². The van der Waals surface area contributed by atoms with Gasteiger partial charge in [0.2, 0.25) is 0 Å². The second kappa shape index (κ2) is 5.22. The third-order valence-corrected chi connectivity index (χ3v) is 3.14. The number of benzene rings is 1. The lowest BCUT2D eigenvalue weighted by atomic mass is 10.1. The number of hydrogen-bond donors (Lipinski definition) is 3. The Labute approximate surface area is 113 Å². The van der Waals surface area contributed by atoms with E-state index in [2.05, 4.69) is 31.4 Å². The third kappa shape index (κ3) is 2.70. The van der Waals surface area contributed by atoms with Gasteiger partial charge < -0.3 is 11.1 Å². The van der Waals surface area contributed by atoms with Crippen LogP contribution < -0.4 is 11.1 Å². The van der Waals surface area contributed by atoms with Crippen molar-refractivity contribution in [1.82, 2.24) is 15.5 Å². The van der Waals surface area contributed by atoms with Crippen molar-refractivity contribution >= 4 is 27.5 Å². The van der Waals surface area contributed by atoms with Crippen LogP contribution >= 0.6 is 15.9 Å². The zero-order chi connectivity index (χ0) is 13.1. The molecule has 1 aromatic heterocycles. The summed E-state index contributed by atoms with van der Waals surface area (Å²) in [5, 5.41) is 9.15. The van der Waals surface area contributed by atoms with Crippen LogP contribution in [0.2, 0.25) is 0 Å². The summed E-state index contributed by atoms with van der Waals surface area (Å²) in [7, 11) is 0. The molecule has 2 aromatic rings. The molecule has 5 nitrogen and oxygen atoms in total. The van der Waals surface area contributed by atoms with E-state index in [0.717, 1.165) is 10.0 Å². The van der Waals surface area contributed by atoms with Gasteiger partial charge in [0.25, 0.3) is 5.91 Å². The average molecular weight is 309 g/mol. The number of nitrogens with two attached hydrogens (primary N) is 1. The quantitative estimate of drug-likeness (QED) is 0.813. The van der Waals surface area contributed by atoms with E-state index in [-0.39, 0.29) is 11.9 Å². The van der Waals surface area contributed by atoms with E-state index in [9.17, 15) is 4.79 Å². The summed E-state index contributed by atoms with van der Waals surface area (Å²) in [5.74, 6) is -0.264. The van der Waals surface area contributed by atoms with Gasteiger partial charge >= 0.3 is 0 Å². The standard InChI is InChI=1S/C12H13BrN4O/c1-7(8-2-4-9(13)5-3-8)16-12(18)11-10(14)6-15-17-11/h2-7H,14H2,1H3,(H,15,17)(H,16,18)/t7-/m1/s1. The molecule has 0 bridgehead atoms. The normalized spacial score (nSPS) is 12.1. The van der Waals surface area contributed by atoms with Gasteiger partial charge in [-0.3, -0.25) is 9.89 Å². The molecule has 0 fully saturated rings. The second-order valence-corrected chi connectivity index (χ2v) is 4.86. The molecule has 0 saturated heterocycles. The summed E-state index contributed by atoms with van der Waals surface area (Å²) in [5.41, 5.74) is 7.27. The molecule has 4 N–H and O–H groups in total. The van der Waals surface area contributed by atoms with Crippen LogP contribution in [0.5, 0.6) is 0 Å². The van der Waals surface area contributed by atoms with Crippen molar-refractivity contribution in [3.05, 3.63) is 46.2 Å². The van der Waals surface area contributed by atoms with Gasteiger partial charge in [0.05, 0.1) is 17.9 Å². The zero-order valence-electron chi connectivity index (χ0n) is 9.77. The van der Waals surface area contributed by atoms with Gasteiger partial charge in [0.15, 0.2) is 0 Å². The number of aromatic nitrogens is 2. The molecule has 0 radical (unpaired) electrons. The minimum atomic E-state index is -0.264. The topological polar surface area (TPSA) is 83.8 Å². The van der Waals surface area contributed by atoms with Gasteiger partial charge in [0.1, 0.15) is 5.69 Å². The number of amides is 1. The number of halogens is 1. The maximum atomic E-state index is 11.9. The van der Waals surface area contributed by atoms with E-state index in [1.807, 2.05) is 31.2 Å². The highest BCUT2D eigenvalue weighted by atomic mass is 79.9. The molecule has 0 saturated carbocycles. The number of carbonyl (C=O) groups is 1. The highest BCUT2D eigenvalue weighted by Gasteiger charge is 2.15. The van der Waals surface area contributed by atoms with E-state index >= 15 is 0 Å². The molecule has 0 spiro atoms. The summed E-state index contributed by atoms with van der Waals surface area (Å²) in [6.07, 6.45) is 1.42. The van der Waals surface area contributed by atoms with E-state index in [4.69, 9.17) is 5.73 Å². The Morgan fingerprint density at radius 2 is 2.11 bits per heavy atom. The fourth-order valence-electron chi connectivity index (χ4n) is 1.58. The van der Waals surface area contributed by atoms with Crippen LogP contribution in [-0.4, -0.2) is 16.1 Å². The smallest absolute Gasteiger partial charge is 0.271 e. The van der Waals surface area contributed by atoms with Crippen LogP contribution in [0.15, 0.2) is 34.9 Å². The fraction of sp³-hybridized carbons (Fsp3) is 0.167. The predicted octanol–water partition coefficient (Wildman–Crippen LogP) is 2.25. The number of nitrogens with zero attached hydrogens (tertiary/aromatic N) is 1. The van der Waals surface area contributed by atoms with Gasteiger partial charge in [-0.05, 0) is 24.6 Å². The zero-order valence-corrected chi connectivity index (χ0v) is 11.4. The number of anilines is 1. The molecular weight excluding hydrogens is 296 g/mol. The Balaban J connectivity index is 2.08. The fourth-order valence-corrected chi connectivity index (χ4v) is 1.85. The first-order valence-corrected chi connectivity index (χ1v) is 6.22. The lowest BCUT2D eigenvalue weighted by Gasteiger charge is -2.13. The Morgan fingerprint density at radius 1 is 1.44 bits per heavy atom. The van der Waals surface area contributed by atoms with Gasteiger partial charge in [-0.25, -0.2) is 0 Å². The number of rotatable bonds is 3. The van der Waals surface area contributed by atoms with E-state index < -0.39 is 0 Å². The SMILES string of the molecule is C[C@@H](NC(=O)c1[nH]ncc1N)c1ccc(Br)cc1. The van der Waals surface area contributed by atoms with Gasteiger partial charge in [0, 0.05) is 4.47 Å². The summed E-state index contributed by atoms with van der Waals surface area (Å²) in [6, 6.07) is 7.66. The van der Waals surface area contributed by atoms with Crippen LogP contribution in [0, 0.1) is 0 Å². The number of nitrogen functional groups attached to an aromatic ring is 1. The lowest BCUT2D eigenvalue weighted by molar-refractivity contribution is 0.0935. The molecule has 6 heteroatoms.